The predicted molar refractivity (Wildman–Crippen MR) is 83.0 cm³/mol. The Labute approximate surface area is 120 Å². The summed E-state index contributed by atoms with van der Waals surface area (Å²) in [5.74, 6) is 0. The van der Waals surface area contributed by atoms with Crippen LogP contribution < -0.4 is 5.32 Å². The zero-order valence-corrected chi connectivity index (χ0v) is 12.7. The Morgan fingerprint density at radius 3 is 2.16 bits per heavy atom. The fourth-order valence-electron chi connectivity index (χ4n) is 2.60. The van der Waals surface area contributed by atoms with Crippen LogP contribution in [0.3, 0.4) is 0 Å². The number of hydrogen-bond donors (Lipinski definition) is 1. The molecule has 0 saturated carbocycles. The Bertz CT molecular complexity index is 570. The number of halogens is 1. The molecule has 0 fully saturated rings. The maximum Gasteiger partial charge on any atom is 0.0577 e. The van der Waals surface area contributed by atoms with Gasteiger partial charge in [-0.3, -0.25) is 0 Å². The molecule has 0 saturated heterocycles. The second kappa shape index (κ2) is 5.77. The van der Waals surface area contributed by atoms with Gasteiger partial charge in [0.2, 0.25) is 0 Å². The molecule has 1 unspecified atom stereocenters. The van der Waals surface area contributed by atoms with Gasteiger partial charge in [0.15, 0.2) is 0 Å². The van der Waals surface area contributed by atoms with Crippen molar-refractivity contribution in [2.45, 2.75) is 26.8 Å². The fourth-order valence-corrected chi connectivity index (χ4v) is 2.78. The van der Waals surface area contributed by atoms with Crippen LogP contribution in [0.1, 0.15) is 33.9 Å². The predicted octanol–water partition coefficient (Wildman–Crippen LogP) is 4.57. The van der Waals surface area contributed by atoms with Crippen molar-refractivity contribution in [3.63, 3.8) is 0 Å². The van der Waals surface area contributed by atoms with Gasteiger partial charge < -0.3 is 5.32 Å². The van der Waals surface area contributed by atoms with E-state index in [-0.39, 0.29) is 6.04 Å². The average Bonchev–Trinajstić information content (AvgIpc) is 2.33. The van der Waals surface area contributed by atoms with Crippen LogP contribution in [0.4, 0.5) is 0 Å². The van der Waals surface area contributed by atoms with E-state index in [1.54, 1.807) is 0 Å². The van der Waals surface area contributed by atoms with Gasteiger partial charge in [-0.05, 0) is 56.6 Å². The molecule has 0 aliphatic heterocycles. The van der Waals surface area contributed by atoms with Crippen molar-refractivity contribution in [3.8, 4) is 0 Å². The molecule has 19 heavy (non-hydrogen) atoms. The lowest BCUT2D eigenvalue weighted by molar-refractivity contribution is 0.686. The summed E-state index contributed by atoms with van der Waals surface area (Å²) in [4.78, 5) is 0. The molecule has 1 N–H and O–H groups in total. The van der Waals surface area contributed by atoms with Crippen LogP contribution in [-0.2, 0) is 0 Å². The summed E-state index contributed by atoms with van der Waals surface area (Å²) in [5, 5.41) is 4.18. The van der Waals surface area contributed by atoms with E-state index in [0.717, 1.165) is 5.02 Å². The lowest BCUT2D eigenvalue weighted by Crippen LogP contribution is -2.19. The quantitative estimate of drug-likeness (QED) is 0.863. The van der Waals surface area contributed by atoms with E-state index in [4.69, 9.17) is 11.6 Å². The van der Waals surface area contributed by atoms with Crippen molar-refractivity contribution < 1.29 is 0 Å². The maximum absolute atomic E-state index is 6.14. The number of rotatable bonds is 3. The summed E-state index contributed by atoms with van der Waals surface area (Å²) < 4.78 is 0. The fraction of sp³-hybridized carbons (Fsp3) is 0.294. The summed E-state index contributed by atoms with van der Waals surface area (Å²) >= 11 is 6.14. The number of aryl methyl sites for hydroxylation is 3. The van der Waals surface area contributed by atoms with Crippen molar-refractivity contribution in [2.24, 2.45) is 0 Å². The Balaban J connectivity index is 2.52. The first-order valence-corrected chi connectivity index (χ1v) is 6.90. The van der Waals surface area contributed by atoms with Gasteiger partial charge in [-0.15, -0.1) is 0 Å². The topological polar surface area (TPSA) is 12.0 Å². The SMILES string of the molecule is CNC(c1cc(C)cc(C)c1)c1cc(Cl)ccc1C. The first-order valence-electron chi connectivity index (χ1n) is 6.53. The smallest absolute Gasteiger partial charge is 0.0577 e. The van der Waals surface area contributed by atoms with Gasteiger partial charge >= 0.3 is 0 Å². The minimum Gasteiger partial charge on any atom is -0.309 e. The third-order valence-corrected chi connectivity index (χ3v) is 3.65. The average molecular weight is 274 g/mol. The van der Waals surface area contributed by atoms with E-state index in [1.165, 1.54) is 27.8 Å². The number of nitrogens with one attached hydrogen (secondary N) is 1. The zero-order chi connectivity index (χ0) is 14.0. The van der Waals surface area contributed by atoms with Gasteiger partial charge in [-0.2, -0.15) is 0 Å². The van der Waals surface area contributed by atoms with E-state index < -0.39 is 0 Å². The molecule has 100 valence electrons. The van der Waals surface area contributed by atoms with Crippen LogP contribution in [0.2, 0.25) is 5.02 Å². The minimum absolute atomic E-state index is 0.178. The van der Waals surface area contributed by atoms with E-state index in [1.807, 2.05) is 13.1 Å². The van der Waals surface area contributed by atoms with E-state index in [2.05, 4.69) is 56.4 Å². The highest BCUT2D eigenvalue weighted by Crippen LogP contribution is 2.28. The summed E-state index contributed by atoms with van der Waals surface area (Å²) in [6.07, 6.45) is 0. The standard InChI is InChI=1S/C17H20ClN/c1-11-7-12(2)9-14(8-11)17(19-4)16-10-15(18)6-5-13(16)3/h5-10,17,19H,1-4H3. The molecule has 0 amide bonds. The minimum atomic E-state index is 0.178. The van der Waals surface area contributed by atoms with Crippen molar-refractivity contribution >= 4 is 11.6 Å². The Hall–Kier alpha value is -1.31. The highest BCUT2D eigenvalue weighted by atomic mass is 35.5. The van der Waals surface area contributed by atoms with Crippen LogP contribution in [0.5, 0.6) is 0 Å². The van der Waals surface area contributed by atoms with Crippen LogP contribution in [0, 0.1) is 20.8 Å². The van der Waals surface area contributed by atoms with Crippen LogP contribution >= 0.6 is 11.6 Å². The molecule has 0 spiro atoms. The third kappa shape index (κ3) is 3.17. The van der Waals surface area contributed by atoms with Gasteiger partial charge in [-0.25, -0.2) is 0 Å². The highest BCUT2D eigenvalue weighted by molar-refractivity contribution is 6.30. The van der Waals surface area contributed by atoms with Crippen molar-refractivity contribution in [1.29, 1.82) is 0 Å². The lowest BCUT2D eigenvalue weighted by atomic mass is 9.93. The summed E-state index contributed by atoms with van der Waals surface area (Å²) in [6, 6.07) is 12.9. The van der Waals surface area contributed by atoms with E-state index in [9.17, 15) is 0 Å². The molecule has 2 aromatic carbocycles. The second-order valence-electron chi connectivity index (χ2n) is 5.14. The first-order chi connectivity index (χ1) is 9.01. The van der Waals surface area contributed by atoms with Gasteiger partial charge in [0.1, 0.15) is 0 Å². The highest BCUT2D eigenvalue weighted by Gasteiger charge is 2.15. The molecule has 0 aromatic heterocycles. The van der Waals surface area contributed by atoms with Crippen LogP contribution in [-0.4, -0.2) is 7.05 Å². The van der Waals surface area contributed by atoms with Crippen LogP contribution in [0.15, 0.2) is 36.4 Å². The van der Waals surface area contributed by atoms with Crippen molar-refractivity contribution in [2.75, 3.05) is 7.05 Å². The van der Waals surface area contributed by atoms with Crippen molar-refractivity contribution in [1.82, 2.24) is 5.32 Å². The maximum atomic E-state index is 6.14. The molecule has 2 aromatic rings. The molecule has 1 nitrogen and oxygen atoms in total. The molecule has 0 bridgehead atoms. The summed E-state index contributed by atoms with van der Waals surface area (Å²) in [7, 11) is 1.99. The molecule has 2 rings (SSSR count). The van der Waals surface area contributed by atoms with Gasteiger partial charge in [-0.1, -0.05) is 47.0 Å². The van der Waals surface area contributed by atoms with Gasteiger partial charge in [0, 0.05) is 5.02 Å². The van der Waals surface area contributed by atoms with Gasteiger partial charge in [0.25, 0.3) is 0 Å². The zero-order valence-electron chi connectivity index (χ0n) is 11.9. The number of benzene rings is 2. The first kappa shape index (κ1) is 14.1. The molecule has 0 aliphatic carbocycles. The largest absolute Gasteiger partial charge is 0.309 e. The van der Waals surface area contributed by atoms with E-state index in [0.29, 0.717) is 0 Å². The number of hydrogen-bond acceptors (Lipinski definition) is 1. The molecule has 0 heterocycles. The molecular formula is C17H20ClN. The molecule has 2 heteroatoms. The Kier molecular flexibility index (Phi) is 4.28. The van der Waals surface area contributed by atoms with Crippen LogP contribution in [0.25, 0.3) is 0 Å². The summed E-state index contributed by atoms with van der Waals surface area (Å²) in [6.45, 7) is 6.39. The van der Waals surface area contributed by atoms with E-state index >= 15 is 0 Å². The molecular weight excluding hydrogens is 254 g/mol. The van der Waals surface area contributed by atoms with Gasteiger partial charge in [0.05, 0.1) is 6.04 Å². The molecule has 1 atom stereocenters. The Morgan fingerprint density at radius 2 is 1.58 bits per heavy atom. The summed E-state index contributed by atoms with van der Waals surface area (Å²) in [5.41, 5.74) is 6.35. The third-order valence-electron chi connectivity index (χ3n) is 3.42. The second-order valence-corrected chi connectivity index (χ2v) is 5.58. The monoisotopic (exact) mass is 273 g/mol. The Morgan fingerprint density at radius 1 is 0.947 bits per heavy atom. The normalized spacial score (nSPS) is 12.5. The molecule has 0 aliphatic rings. The van der Waals surface area contributed by atoms with Crippen molar-refractivity contribution in [3.05, 3.63) is 69.2 Å². The molecule has 0 radical (unpaired) electrons. The lowest BCUT2D eigenvalue weighted by Gasteiger charge is -2.21.